The van der Waals surface area contributed by atoms with Crippen molar-refractivity contribution >= 4 is 27.5 Å². The molecular weight excluding hydrogens is 396 g/mol. The van der Waals surface area contributed by atoms with Crippen molar-refractivity contribution in [3.8, 4) is 17.0 Å². The van der Waals surface area contributed by atoms with Crippen LogP contribution in [0.2, 0.25) is 0 Å². The highest BCUT2D eigenvalue weighted by Crippen LogP contribution is 2.34. The van der Waals surface area contributed by atoms with Crippen molar-refractivity contribution in [3.05, 3.63) is 29.4 Å². The van der Waals surface area contributed by atoms with Gasteiger partial charge < -0.3 is 14.8 Å². The summed E-state index contributed by atoms with van der Waals surface area (Å²) in [6.45, 7) is 5.71. The van der Waals surface area contributed by atoms with Crippen LogP contribution in [0.3, 0.4) is 0 Å². The van der Waals surface area contributed by atoms with Crippen LogP contribution in [0.5, 0.6) is 5.88 Å². The smallest absolute Gasteiger partial charge is 0.226 e. The van der Waals surface area contributed by atoms with Crippen molar-refractivity contribution in [2.45, 2.75) is 58.1 Å². The third-order valence-electron chi connectivity index (χ3n) is 6.07. The van der Waals surface area contributed by atoms with Gasteiger partial charge in [-0.05, 0) is 56.2 Å². The average molecular weight is 425 g/mol. The number of ether oxygens (including phenoxy) is 2. The normalized spacial score (nSPS) is 24.3. The Kier molecular flexibility index (Phi) is 5.56. The first-order valence-corrected chi connectivity index (χ1v) is 11.7. The molecule has 1 N–H and O–H groups in total. The molecule has 2 aliphatic rings. The maximum absolute atomic E-state index is 6.29. The molecule has 1 saturated heterocycles. The van der Waals surface area contributed by atoms with Crippen LogP contribution in [-0.4, -0.2) is 40.3 Å². The van der Waals surface area contributed by atoms with Crippen LogP contribution in [0.25, 0.3) is 21.3 Å². The van der Waals surface area contributed by atoms with Gasteiger partial charge in [-0.3, -0.25) is 0 Å². The number of rotatable bonds is 5. The lowest BCUT2D eigenvalue weighted by molar-refractivity contribution is 0.138. The first kappa shape index (κ1) is 19.7. The van der Waals surface area contributed by atoms with Gasteiger partial charge in [0.05, 0.1) is 34.0 Å². The Morgan fingerprint density at radius 1 is 1.13 bits per heavy atom. The molecule has 3 aromatic rings. The second kappa shape index (κ2) is 8.47. The van der Waals surface area contributed by atoms with E-state index in [0.717, 1.165) is 40.6 Å². The fourth-order valence-electron chi connectivity index (χ4n) is 4.28. The minimum Gasteiger partial charge on any atom is -0.471 e. The molecule has 30 heavy (non-hydrogen) atoms. The lowest BCUT2D eigenvalue weighted by Crippen LogP contribution is -2.26. The summed E-state index contributed by atoms with van der Waals surface area (Å²) in [4.78, 5) is 14.1. The molecule has 6 nitrogen and oxygen atoms in total. The molecule has 1 aliphatic carbocycles. The SMILES string of the molecule is Cc1nc2cc(-c3cnc(N[C@H]4CC[C@H](C)CC4)nc3O[C@@H]3CCOC3)ccc2s1. The number of benzene rings is 1. The van der Waals surface area contributed by atoms with Crippen LogP contribution in [0, 0.1) is 12.8 Å². The van der Waals surface area contributed by atoms with Crippen molar-refractivity contribution in [3.63, 3.8) is 0 Å². The second-order valence-electron chi connectivity index (χ2n) is 8.53. The first-order valence-electron chi connectivity index (χ1n) is 10.9. The van der Waals surface area contributed by atoms with E-state index in [-0.39, 0.29) is 6.10 Å². The van der Waals surface area contributed by atoms with Crippen molar-refractivity contribution in [2.75, 3.05) is 18.5 Å². The van der Waals surface area contributed by atoms with Crippen LogP contribution in [-0.2, 0) is 4.74 Å². The molecule has 2 aromatic heterocycles. The number of hydrogen-bond donors (Lipinski definition) is 1. The van der Waals surface area contributed by atoms with Crippen molar-refractivity contribution in [1.29, 1.82) is 0 Å². The van der Waals surface area contributed by atoms with E-state index in [4.69, 9.17) is 14.5 Å². The number of fused-ring (bicyclic) bond motifs is 1. The zero-order valence-corrected chi connectivity index (χ0v) is 18.4. The van der Waals surface area contributed by atoms with E-state index in [1.165, 1.54) is 30.4 Å². The first-order chi connectivity index (χ1) is 14.6. The van der Waals surface area contributed by atoms with Crippen LogP contribution < -0.4 is 10.1 Å². The Balaban J connectivity index is 1.45. The molecule has 7 heteroatoms. The summed E-state index contributed by atoms with van der Waals surface area (Å²) >= 11 is 1.71. The van der Waals surface area contributed by atoms with Crippen LogP contribution in [0.4, 0.5) is 5.95 Å². The third kappa shape index (κ3) is 4.27. The predicted molar refractivity (Wildman–Crippen MR) is 120 cm³/mol. The highest BCUT2D eigenvalue weighted by Gasteiger charge is 2.23. The lowest BCUT2D eigenvalue weighted by atomic mass is 9.87. The topological polar surface area (TPSA) is 69.2 Å². The minimum atomic E-state index is 0.0345. The molecule has 0 amide bonds. The Labute approximate surface area is 181 Å². The Morgan fingerprint density at radius 2 is 2.00 bits per heavy atom. The average Bonchev–Trinajstić information content (AvgIpc) is 3.38. The summed E-state index contributed by atoms with van der Waals surface area (Å²) < 4.78 is 13.0. The highest BCUT2D eigenvalue weighted by atomic mass is 32.1. The molecule has 1 atom stereocenters. The molecule has 3 heterocycles. The number of nitrogens with zero attached hydrogens (tertiary/aromatic N) is 3. The van der Waals surface area contributed by atoms with Gasteiger partial charge in [0.25, 0.3) is 0 Å². The van der Waals surface area contributed by atoms with Crippen molar-refractivity contribution < 1.29 is 9.47 Å². The van der Waals surface area contributed by atoms with Gasteiger partial charge in [0.2, 0.25) is 11.8 Å². The molecule has 0 unspecified atom stereocenters. The lowest BCUT2D eigenvalue weighted by Gasteiger charge is -2.27. The summed E-state index contributed by atoms with van der Waals surface area (Å²) in [6.07, 6.45) is 7.64. The fraction of sp³-hybridized carbons (Fsp3) is 0.522. The van der Waals surface area contributed by atoms with Crippen LogP contribution in [0.1, 0.15) is 44.0 Å². The van der Waals surface area contributed by atoms with Gasteiger partial charge in [-0.1, -0.05) is 13.0 Å². The molecule has 5 rings (SSSR count). The van der Waals surface area contributed by atoms with Gasteiger partial charge in [-0.25, -0.2) is 9.97 Å². The van der Waals surface area contributed by atoms with Crippen LogP contribution >= 0.6 is 11.3 Å². The van der Waals surface area contributed by atoms with Gasteiger partial charge in [-0.15, -0.1) is 11.3 Å². The van der Waals surface area contributed by atoms with E-state index in [0.29, 0.717) is 24.5 Å². The van der Waals surface area contributed by atoms with E-state index < -0.39 is 0 Å². The largest absolute Gasteiger partial charge is 0.471 e. The molecule has 1 aliphatic heterocycles. The summed E-state index contributed by atoms with van der Waals surface area (Å²) in [5.41, 5.74) is 2.93. The van der Waals surface area contributed by atoms with E-state index in [1.54, 1.807) is 11.3 Å². The molecule has 1 aromatic carbocycles. The number of anilines is 1. The predicted octanol–water partition coefficient (Wildman–Crippen LogP) is 5.22. The summed E-state index contributed by atoms with van der Waals surface area (Å²) in [5.74, 6) is 2.09. The second-order valence-corrected chi connectivity index (χ2v) is 9.77. The Hall–Kier alpha value is -2.25. The van der Waals surface area contributed by atoms with E-state index in [1.807, 2.05) is 13.1 Å². The van der Waals surface area contributed by atoms with Crippen molar-refractivity contribution in [1.82, 2.24) is 15.0 Å². The van der Waals surface area contributed by atoms with Crippen LogP contribution in [0.15, 0.2) is 24.4 Å². The zero-order valence-electron chi connectivity index (χ0n) is 17.6. The van der Waals surface area contributed by atoms with E-state index >= 15 is 0 Å². The standard InChI is InChI=1S/C23H28N4O2S/c1-14-3-6-17(7-4-14)26-23-24-12-19(22(27-23)29-18-9-10-28-13-18)16-5-8-21-20(11-16)25-15(2)30-21/h5,8,11-12,14,17-18H,3-4,6-7,9-10,13H2,1-2H3,(H,24,26,27)/t14-,17-,18-/m1/s1. The number of thiazole rings is 1. The summed E-state index contributed by atoms with van der Waals surface area (Å²) in [7, 11) is 0. The fourth-order valence-corrected chi connectivity index (χ4v) is 5.09. The summed E-state index contributed by atoms with van der Waals surface area (Å²) in [5, 5.41) is 4.60. The molecule has 1 saturated carbocycles. The third-order valence-corrected chi connectivity index (χ3v) is 7.03. The van der Waals surface area contributed by atoms with Gasteiger partial charge in [0.15, 0.2) is 0 Å². The zero-order chi connectivity index (χ0) is 20.5. The molecular formula is C23H28N4O2S. The number of aryl methyl sites for hydroxylation is 1. The van der Waals surface area contributed by atoms with Gasteiger partial charge in [0.1, 0.15) is 6.10 Å². The monoisotopic (exact) mass is 424 g/mol. The molecule has 0 bridgehead atoms. The number of hydrogen-bond acceptors (Lipinski definition) is 7. The molecule has 0 radical (unpaired) electrons. The number of aromatic nitrogens is 3. The Bertz CT molecular complexity index is 1020. The van der Waals surface area contributed by atoms with Gasteiger partial charge in [0, 0.05) is 18.7 Å². The molecule has 2 fully saturated rings. The number of nitrogens with one attached hydrogen (secondary N) is 1. The molecule has 0 spiro atoms. The van der Waals surface area contributed by atoms with Gasteiger partial charge in [-0.2, -0.15) is 4.98 Å². The summed E-state index contributed by atoms with van der Waals surface area (Å²) in [6, 6.07) is 6.76. The van der Waals surface area contributed by atoms with Gasteiger partial charge >= 0.3 is 0 Å². The van der Waals surface area contributed by atoms with Crippen molar-refractivity contribution in [2.24, 2.45) is 5.92 Å². The van der Waals surface area contributed by atoms with E-state index in [9.17, 15) is 0 Å². The van der Waals surface area contributed by atoms with E-state index in [2.05, 4.69) is 40.4 Å². The maximum atomic E-state index is 6.29. The molecule has 158 valence electrons. The minimum absolute atomic E-state index is 0.0345. The maximum Gasteiger partial charge on any atom is 0.226 e. The highest BCUT2D eigenvalue weighted by molar-refractivity contribution is 7.18. The Morgan fingerprint density at radius 3 is 2.80 bits per heavy atom. The quantitative estimate of drug-likeness (QED) is 0.606.